The Morgan fingerprint density at radius 1 is 1.11 bits per heavy atom. The van der Waals surface area contributed by atoms with E-state index in [9.17, 15) is 9.59 Å². The Bertz CT molecular complexity index is 536. The van der Waals surface area contributed by atoms with Crippen LogP contribution in [0.1, 0.15) is 25.7 Å². The van der Waals surface area contributed by atoms with E-state index in [1.54, 1.807) is 18.2 Å². The monoisotopic (exact) mass is 341 g/mol. The fourth-order valence-corrected chi connectivity index (χ4v) is 3.53. The van der Waals surface area contributed by atoms with Crippen molar-refractivity contribution in [2.75, 3.05) is 4.90 Å². The van der Waals surface area contributed by atoms with Crippen molar-refractivity contribution >= 4 is 45.0 Å². The fourth-order valence-electron chi connectivity index (χ4n) is 3.04. The third-order valence-electron chi connectivity index (χ3n) is 4.00. The lowest BCUT2D eigenvalue weighted by Crippen LogP contribution is -2.30. The predicted octanol–water partition coefficient (Wildman–Crippen LogP) is 3.78. The second-order valence-electron chi connectivity index (χ2n) is 5.11. The van der Waals surface area contributed by atoms with E-state index in [1.165, 1.54) is 4.90 Å². The van der Waals surface area contributed by atoms with Crippen LogP contribution in [0.3, 0.4) is 0 Å². The third-order valence-corrected chi connectivity index (χ3v) is 5.22. The van der Waals surface area contributed by atoms with Crippen LogP contribution in [-0.2, 0) is 9.59 Å². The molecule has 100 valence electrons. The van der Waals surface area contributed by atoms with Gasteiger partial charge in [0.1, 0.15) is 0 Å². The first-order valence-electron chi connectivity index (χ1n) is 6.42. The molecule has 0 N–H and O–H groups in total. The van der Waals surface area contributed by atoms with Crippen molar-refractivity contribution in [2.45, 2.75) is 25.7 Å². The predicted molar refractivity (Wildman–Crippen MR) is 77.1 cm³/mol. The van der Waals surface area contributed by atoms with Crippen molar-refractivity contribution in [3.8, 4) is 0 Å². The smallest absolute Gasteiger partial charge is 0.237 e. The van der Waals surface area contributed by atoms with Crippen LogP contribution in [0.15, 0.2) is 22.7 Å². The Labute approximate surface area is 125 Å². The van der Waals surface area contributed by atoms with Gasteiger partial charge in [0.05, 0.1) is 22.5 Å². The standard InChI is InChI=1S/C14H13BrClNO2/c15-11-7-8(5-6-12(11)16)17-13(18)9-3-1-2-4-10(9)14(17)19/h5-7,9-10H,1-4H2. The van der Waals surface area contributed by atoms with Crippen LogP contribution in [0.2, 0.25) is 5.02 Å². The van der Waals surface area contributed by atoms with Gasteiger partial charge in [-0.2, -0.15) is 0 Å². The highest BCUT2D eigenvalue weighted by molar-refractivity contribution is 9.10. The SMILES string of the molecule is O=C1C2CCCCC2C(=O)N1c1ccc(Cl)c(Br)c1. The minimum absolute atomic E-state index is 0.0519. The number of hydrogen-bond donors (Lipinski definition) is 0. The van der Waals surface area contributed by atoms with Gasteiger partial charge < -0.3 is 0 Å². The molecule has 1 aliphatic heterocycles. The first kappa shape index (κ1) is 13.1. The van der Waals surface area contributed by atoms with Crippen LogP contribution in [-0.4, -0.2) is 11.8 Å². The van der Waals surface area contributed by atoms with E-state index >= 15 is 0 Å². The number of benzene rings is 1. The van der Waals surface area contributed by atoms with E-state index in [2.05, 4.69) is 15.9 Å². The van der Waals surface area contributed by atoms with Gasteiger partial charge in [-0.3, -0.25) is 14.5 Å². The number of carbonyl (C=O) groups excluding carboxylic acids is 2. The molecule has 3 rings (SSSR count). The maximum atomic E-state index is 12.4. The van der Waals surface area contributed by atoms with Gasteiger partial charge in [-0.1, -0.05) is 24.4 Å². The minimum atomic E-state index is -0.115. The summed E-state index contributed by atoms with van der Waals surface area (Å²) in [6.07, 6.45) is 3.75. The molecular formula is C14H13BrClNO2. The number of rotatable bonds is 1. The van der Waals surface area contributed by atoms with Gasteiger partial charge in [0.25, 0.3) is 0 Å². The maximum Gasteiger partial charge on any atom is 0.237 e. The number of carbonyl (C=O) groups is 2. The van der Waals surface area contributed by atoms with Gasteiger partial charge in [0, 0.05) is 4.47 Å². The number of anilines is 1. The lowest BCUT2D eigenvalue weighted by Gasteiger charge is -2.19. The zero-order valence-corrected chi connectivity index (χ0v) is 12.6. The van der Waals surface area contributed by atoms with Crippen molar-refractivity contribution in [3.05, 3.63) is 27.7 Å². The zero-order valence-electron chi connectivity index (χ0n) is 10.2. The summed E-state index contributed by atoms with van der Waals surface area (Å²) < 4.78 is 0.696. The van der Waals surface area contributed by atoms with Crippen LogP contribution in [0, 0.1) is 11.8 Å². The van der Waals surface area contributed by atoms with Gasteiger partial charge in [0.2, 0.25) is 11.8 Å². The molecule has 1 saturated heterocycles. The molecule has 2 atom stereocenters. The molecule has 0 bridgehead atoms. The zero-order chi connectivity index (χ0) is 13.6. The van der Waals surface area contributed by atoms with Gasteiger partial charge in [-0.05, 0) is 47.0 Å². The van der Waals surface area contributed by atoms with E-state index < -0.39 is 0 Å². The lowest BCUT2D eigenvalue weighted by atomic mass is 9.81. The summed E-state index contributed by atoms with van der Waals surface area (Å²) in [5.41, 5.74) is 0.612. The maximum absolute atomic E-state index is 12.4. The average molecular weight is 343 g/mol. The highest BCUT2D eigenvalue weighted by Crippen LogP contribution is 2.41. The van der Waals surface area contributed by atoms with Crippen molar-refractivity contribution < 1.29 is 9.59 Å². The van der Waals surface area contributed by atoms with E-state index in [0.29, 0.717) is 15.2 Å². The van der Waals surface area contributed by atoms with Crippen molar-refractivity contribution in [3.63, 3.8) is 0 Å². The summed E-state index contributed by atoms with van der Waals surface area (Å²) in [4.78, 5) is 26.1. The molecule has 2 unspecified atom stereocenters. The molecule has 1 saturated carbocycles. The van der Waals surface area contributed by atoms with E-state index in [0.717, 1.165) is 25.7 Å². The fraction of sp³-hybridized carbons (Fsp3) is 0.429. The van der Waals surface area contributed by atoms with Gasteiger partial charge in [-0.15, -0.1) is 0 Å². The molecule has 1 heterocycles. The number of amides is 2. The van der Waals surface area contributed by atoms with Gasteiger partial charge in [0.15, 0.2) is 0 Å². The number of hydrogen-bond acceptors (Lipinski definition) is 2. The molecule has 2 amide bonds. The molecule has 19 heavy (non-hydrogen) atoms. The third kappa shape index (κ3) is 2.11. The number of nitrogens with zero attached hydrogens (tertiary/aromatic N) is 1. The largest absolute Gasteiger partial charge is 0.274 e. The van der Waals surface area contributed by atoms with Gasteiger partial charge >= 0.3 is 0 Å². The van der Waals surface area contributed by atoms with Gasteiger partial charge in [-0.25, -0.2) is 0 Å². The molecule has 0 spiro atoms. The summed E-state index contributed by atoms with van der Waals surface area (Å²) in [5.74, 6) is -0.334. The highest BCUT2D eigenvalue weighted by Gasteiger charge is 2.48. The Kier molecular flexibility index (Phi) is 3.39. The molecule has 0 aromatic heterocycles. The van der Waals surface area contributed by atoms with Crippen molar-refractivity contribution in [2.24, 2.45) is 11.8 Å². The quantitative estimate of drug-likeness (QED) is 0.728. The number of imide groups is 1. The lowest BCUT2D eigenvalue weighted by molar-refractivity contribution is -0.122. The molecular weight excluding hydrogens is 330 g/mol. The first-order chi connectivity index (χ1) is 9.09. The molecule has 1 aromatic rings. The first-order valence-corrected chi connectivity index (χ1v) is 7.59. The summed E-state index contributed by atoms with van der Waals surface area (Å²) in [5, 5.41) is 0.570. The van der Waals surface area contributed by atoms with E-state index in [-0.39, 0.29) is 23.7 Å². The summed E-state index contributed by atoms with van der Waals surface area (Å²) in [7, 11) is 0. The molecule has 2 aliphatic rings. The summed E-state index contributed by atoms with van der Waals surface area (Å²) in [6, 6.07) is 5.15. The van der Waals surface area contributed by atoms with Crippen molar-refractivity contribution in [1.82, 2.24) is 0 Å². The van der Waals surface area contributed by atoms with Crippen LogP contribution in [0.25, 0.3) is 0 Å². The topological polar surface area (TPSA) is 37.4 Å². The molecule has 2 fully saturated rings. The second-order valence-corrected chi connectivity index (χ2v) is 6.37. The number of halogens is 2. The molecule has 1 aromatic carbocycles. The molecule has 5 heteroatoms. The van der Waals surface area contributed by atoms with Crippen molar-refractivity contribution in [1.29, 1.82) is 0 Å². The Hall–Kier alpha value is -0.870. The van der Waals surface area contributed by atoms with Crippen LogP contribution >= 0.6 is 27.5 Å². The minimum Gasteiger partial charge on any atom is -0.274 e. The average Bonchev–Trinajstić information content (AvgIpc) is 2.66. The Morgan fingerprint density at radius 2 is 1.68 bits per heavy atom. The molecule has 3 nitrogen and oxygen atoms in total. The normalized spacial score (nSPS) is 26.7. The highest BCUT2D eigenvalue weighted by atomic mass is 79.9. The molecule has 0 radical (unpaired) electrons. The summed E-state index contributed by atoms with van der Waals surface area (Å²) >= 11 is 9.28. The van der Waals surface area contributed by atoms with Crippen LogP contribution in [0.5, 0.6) is 0 Å². The second kappa shape index (κ2) is 4.91. The van der Waals surface area contributed by atoms with E-state index in [4.69, 9.17) is 11.6 Å². The van der Waals surface area contributed by atoms with Crippen LogP contribution < -0.4 is 4.90 Å². The van der Waals surface area contributed by atoms with E-state index in [1.807, 2.05) is 0 Å². The Balaban J connectivity index is 1.98. The number of fused-ring (bicyclic) bond motifs is 1. The Morgan fingerprint density at radius 3 is 2.21 bits per heavy atom. The van der Waals surface area contributed by atoms with Crippen LogP contribution in [0.4, 0.5) is 5.69 Å². The molecule has 1 aliphatic carbocycles. The summed E-state index contributed by atoms with van der Waals surface area (Å²) in [6.45, 7) is 0.